The summed E-state index contributed by atoms with van der Waals surface area (Å²) in [5.41, 5.74) is 7.46. The molecular weight excluding hydrogens is 280 g/mol. The van der Waals surface area contributed by atoms with Gasteiger partial charge in [0.05, 0.1) is 12.2 Å². The van der Waals surface area contributed by atoms with E-state index in [9.17, 15) is 9.90 Å². The average molecular weight is 306 g/mol. The van der Waals surface area contributed by atoms with Gasteiger partial charge in [0, 0.05) is 18.8 Å². The first-order chi connectivity index (χ1) is 10.5. The van der Waals surface area contributed by atoms with Gasteiger partial charge in [-0.25, -0.2) is 4.79 Å². The number of aryl methyl sites for hydroxylation is 1. The highest BCUT2D eigenvalue weighted by Gasteiger charge is 2.36. The largest absolute Gasteiger partial charge is 0.449 e. The molecule has 122 valence electrons. The summed E-state index contributed by atoms with van der Waals surface area (Å²) >= 11 is 0. The maximum Gasteiger partial charge on any atom is 0.409 e. The fraction of sp³-hybridized carbons (Fsp3) is 0.588. The van der Waals surface area contributed by atoms with E-state index in [1.807, 2.05) is 25.1 Å². The number of hydrogen-bond donors (Lipinski definition) is 2. The Kier molecular flexibility index (Phi) is 5.29. The fourth-order valence-electron chi connectivity index (χ4n) is 2.93. The van der Waals surface area contributed by atoms with E-state index in [0.29, 0.717) is 38.2 Å². The summed E-state index contributed by atoms with van der Waals surface area (Å²) in [5, 5.41) is 10.9. The highest BCUT2D eigenvalue weighted by Crippen LogP contribution is 2.35. The van der Waals surface area contributed by atoms with E-state index in [-0.39, 0.29) is 6.09 Å². The third kappa shape index (κ3) is 3.71. The Hall–Kier alpha value is -1.75. The molecule has 0 aromatic heterocycles. The van der Waals surface area contributed by atoms with Crippen molar-refractivity contribution < 1.29 is 14.6 Å². The Morgan fingerprint density at radius 2 is 2.09 bits per heavy atom. The SMILES string of the molecule is CCCCOC(=O)N1CCC(O)(c2ccc(N)cc2C)CC1. The Morgan fingerprint density at radius 3 is 2.68 bits per heavy atom. The lowest BCUT2D eigenvalue weighted by atomic mass is 9.82. The summed E-state index contributed by atoms with van der Waals surface area (Å²) in [6, 6.07) is 5.57. The summed E-state index contributed by atoms with van der Waals surface area (Å²) < 4.78 is 5.22. The van der Waals surface area contributed by atoms with Gasteiger partial charge in [0.15, 0.2) is 0 Å². The minimum absolute atomic E-state index is 0.274. The number of nitrogen functional groups attached to an aromatic ring is 1. The van der Waals surface area contributed by atoms with Crippen LogP contribution in [-0.4, -0.2) is 35.8 Å². The first-order valence-electron chi connectivity index (χ1n) is 7.97. The molecule has 22 heavy (non-hydrogen) atoms. The molecule has 5 heteroatoms. The van der Waals surface area contributed by atoms with Gasteiger partial charge in [0.25, 0.3) is 0 Å². The van der Waals surface area contributed by atoms with Gasteiger partial charge in [-0.05, 0) is 49.4 Å². The second-order valence-corrected chi connectivity index (χ2v) is 6.06. The summed E-state index contributed by atoms with van der Waals surface area (Å²) in [4.78, 5) is 13.6. The number of carbonyl (C=O) groups is 1. The smallest absolute Gasteiger partial charge is 0.409 e. The van der Waals surface area contributed by atoms with Crippen molar-refractivity contribution >= 4 is 11.8 Å². The van der Waals surface area contributed by atoms with Crippen molar-refractivity contribution in [3.05, 3.63) is 29.3 Å². The maximum atomic E-state index is 11.9. The number of hydrogen-bond acceptors (Lipinski definition) is 4. The molecule has 0 unspecified atom stereocenters. The number of piperidine rings is 1. The predicted octanol–water partition coefficient (Wildman–Crippen LogP) is 2.80. The van der Waals surface area contributed by atoms with E-state index in [0.717, 1.165) is 24.0 Å². The van der Waals surface area contributed by atoms with Crippen LogP contribution in [0, 0.1) is 6.92 Å². The van der Waals surface area contributed by atoms with E-state index < -0.39 is 5.60 Å². The lowest BCUT2D eigenvalue weighted by Crippen LogP contribution is -2.45. The molecule has 3 N–H and O–H groups in total. The van der Waals surface area contributed by atoms with Gasteiger partial charge in [0.1, 0.15) is 0 Å². The minimum atomic E-state index is -0.891. The maximum absolute atomic E-state index is 11.9. The summed E-state index contributed by atoms with van der Waals surface area (Å²) in [6.45, 7) is 5.49. The fourth-order valence-corrected chi connectivity index (χ4v) is 2.93. The zero-order valence-corrected chi connectivity index (χ0v) is 13.5. The second kappa shape index (κ2) is 7.01. The molecule has 0 radical (unpaired) electrons. The molecule has 1 aromatic rings. The molecule has 0 bridgehead atoms. The molecule has 0 spiro atoms. The number of aliphatic hydroxyl groups is 1. The van der Waals surface area contributed by atoms with Crippen LogP contribution in [0.4, 0.5) is 10.5 Å². The van der Waals surface area contributed by atoms with Gasteiger partial charge < -0.3 is 20.5 Å². The van der Waals surface area contributed by atoms with Crippen LogP contribution in [0.3, 0.4) is 0 Å². The topological polar surface area (TPSA) is 75.8 Å². The van der Waals surface area contributed by atoms with Gasteiger partial charge in [-0.2, -0.15) is 0 Å². The predicted molar refractivity (Wildman–Crippen MR) is 86.6 cm³/mol. The van der Waals surface area contributed by atoms with Crippen molar-refractivity contribution in [2.75, 3.05) is 25.4 Å². The number of nitrogens with zero attached hydrogens (tertiary/aromatic N) is 1. The molecular formula is C17H26N2O3. The Labute approximate surface area is 132 Å². The van der Waals surface area contributed by atoms with Crippen LogP contribution in [0.1, 0.15) is 43.7 Å². The highest BCUT2D eigenvalue weighted by atomic mass is 16.6. The number of likely N-dealkylation sites (tertiary alicyclic amines) is 1. The zero-order chi connectivity index (χ0) is 16.2. The number of ether oxygens (including phenoxy) is 1. The number of carbonyl (C=O) groups excluding carboxylic acids is 1. The molecule has 0 aliphatic carbocycles. The molecule has 1 aromatic carbocycles. The Balaban J connectivity index is 1.97. The van der Waals surface area contributed by atoms with Crippen LogP contribution in [0.25, 0.3) is 0 Å². The van der Waals surface area contributed by atoms with Crippen molar-refractivity contribution in [2.45, 2.75) is 45.1 Å². The van der Waals surface area contributed by atoms with Gasteiger partial charge in [-0.3, -0.25) is 0 Å². The van der Waals surface area contributed by atoms with Crippen LogP contribution in [0.5, 0.6) is 0 Å². The van der Waals surface area contributed by atoms with Crippen LogP contribution >= 0.6 is 0 Å². The summed E-state index contributed by atoms with van der Waals surface area (Å²) in [5.74, 6) is 0. The van der Waals surface area contributed by atoms with Crippen LogP contribution in [-0.2, 0) is 10.3 Å². The van der Waals surface area contributed by atoms with E-state index >= 15 is 0 Å². The molecule has 1 saturated heterocycles. The van der Waals surface area contributed by atoms with Crippen molar-refractivity contribution in [2.24, 2.45) is 0 Å². The van der Waals surface area contributed by atoms with Crippen LogP contribution in [0.15, 0.2) is 18.2 Å². The molecule has 1 aliphatic rings. The standard InChI is InChI=1S/C17H26N2O3/c1-3-4-11-22-16(20)19-9-7-17(21,8-10-19)15-6-5-14(18)12-13(15)2/h5-6,12,21H,3-4,7-11,18H2,1-2H3. The Morgan fingerprint density at radius 1 is 1.41 bits per heavy atom. The van der Waals surface area contributed by atoms with Gasteiger partial charge in [0.2, 0.25) is 0 Å². The highest BCUT2D eigenvalue weighted by molar-refractivity contribution is 5.67. The number of anilines is 1. The zero-order valence-electron chi connectivity index (χ0n) is 13.5. The number of unbranched alkanes of at least 4 members (excludes halogenated alkanes) is 1. The molecule has 1 heterocycles. The van der Waals surface area contributed by atoms with Crippen molar-refractivity contribution in [3.63, 3.8) is 0 Å². The molecule has 1 aliphatic heterocycles. The first kappa shape index (κ1) is 16.6. The molecule has 5 nitrogen and oxygen atoms in total. The number of rotatable bonds is 4. The monoisotopic (exact) mass is 306 g/mol. The van der Waals surface area contributed by atoms with Crippen molar-refractivity contribution in [1.82, 2.24) is 4.90 Å². The Bertz CT molecular complexity index is 523. The lowest BCUT2D eigenvalue weighted by molar-refractivity contribution is -0.0252. The molecule has 0 atom stereocenters. The molecule has 0 saturated carbocycles. The second-order valence-electron chi connectivity index (χ2n) is 6.06. The van der Waals surface area contributed by atoms with Crippen molar-refractivity contribution in [1.29, 1.82) is 0 Å². The quantitative estimate of drug-likeness (QED) is 0.662. The number of nitrogens with two attached hydrogens (primary N) is 1. The first-order valence-corrected chi connectivity index (χ1v) is 7.97. The normalized spacial score (nSPS) is 17.3. The third-order valence-electron chi connectivity index (χ3n) is 4.32. The number of amides is 1. The number of benzene rings is 1. The average Bonchev–Trinajstić information content (AvgIpc) is 2.47. The molecule has 1 amide bonds. The minimum Gasteiger partial charge on any atom is -0.449 e. The van der Waals surface area contributed by atoms with Gasteiger partial charge in [-0.1, -0.05) is 19.4 Å². The van der Waals surface area contributed by atoms with Gasteiger partial charge >= 0.3 is 6.09 Å². The van der Waals surface area contributed by atoms with E-state index in [1.165, 1.54) is 0 Å². The van der Waals surface area contributed by atoms with E-state index in [4.69, 9.17) is 10.5 Å². The molecule has 1 fully saturated rings. The summed E-state index contributed by atoms with van der Waals surface area (Å²) in [6.07, 6.45) is 2.64. The summed E-state index contributed by atoms with van der Waals surface area (Å²) in [7, 11) is 0. The molecule has 2 rings (SSSR count). The van der Waals surface area contributed by atoms with Crippen LogP contribution < -0.4 is 5.73 Å². The van der Waals surface area contributed by atoms with E-state index in [1.54, 1.807) is 4.90 Å². The lowest BCUT2D eigenvalue weighted by Gasteiger charge is -2.38. The van der Waals surface area contributed by atoms with Gasteiger partial charge in [-0.15, -0.1) is 0 Å². The van der Waals surface area contributed by atoms with Crippen LogP contribution in [0.2, 0.25) is 0 Å². The third-order valence-corrected chi connectivity index (χ3v) is 4.32. The van der Waals surface area contributed by atoms with E-state index in [2.05, 4.69) is 6.92 Å². The van der Waals surface area contributed by atoms with Crippen molar-refractivity contribution in [3.8, 4) is 0 Å².